The van der Waals surface area contributed by atoms with Crippen molar-refractivity contribution in [1.29, 1.82) is 0 Å². The van der Waals surface area contributed by atoms with Crippen molar-refractivity contribution in [2.24, 2.45) is 0 Å². The lowest BCUT2D eigenvalue weighted by atomic mass is 10.0. The molecule has 130 valence electrons. The molecule has 1 aliphatic rings. The third-order valence-corrected chi connectivity index (χ3v) is 6.05. The summed E-state index contributed by atoms with van der Waals surface area (Å²) in [5.74, 6) is 0.722. The highest BCUT2D eigenvalue weighted by atomic mass is 32.1. The molecule has 0 saturated heterocycles. The van der Waals surface area contributed by atoms with Gasteiger partial charge in [0, 0.05) is 17.5 Å². The highest BCUT2D eigenvalue weighted by molar-refractivity contribution is 7.71. The predicted molar refractivity (Wildman–Crippen MR) is 99.9 cm³/mol. The molecule has 4 rings (SSSR count). The molecule has 0 amide bonds. The number of para-hydroxylation sites is 2. The Bertz CT molecular complexity index is 944. The second-order valence-corrected chi connectivity index (χ2v) is 7.39. The fourth-order valence-corrected chi connectivity index (χ4v) is 4.44. The Morgan fingerprint density at radius 1 is 1.28 bits per heavy atom. The number of rotatable bonds is 4. The summed E-state index contributed by atoms with van der Waals surface area (Å²) in [6.45, 7) is 3.86. The molecule has 3 aromatic rings. The van der Waals surface area contributed by atoms with Crippen LogP contribution in [0.5, 0.6) is 5.75 Å². The van der Waals surface area contributed by atoms with Gasteiger partial charge in [0.05, 0.1) is 13.8 Å². The molecule has 1 aromatic carbocycles. The lowest BCUT2D eigenvalue weighted by Crippen LogP contribution is -2.35. The fourth-order valence-electron chi connectivity index (χ4n) is 3.25. The molecule has 0 fully saturated rings. The van der Waals surface area contributed by atoms with Crippen LogP contribution in [0.25, 0.3) is 5.69 Å². The first-order valence-electron chi connectivity index (χ1n) is 8.15. The van der Waals surface area contributed by atoms with Crippen LogP contribution in [0.4, 0.5) is 0 Å². The number of hydrogen-bond acceptors (Lipinski definition) is 6. The van der Waals surface area contributed by atoms with Crippen LogP contribution >= 0.6 is 23.6 Å². The first-order valence-corrected chi connectivity index (χ1v) is 9.44. The maximum absolute atomic E-state index is 5.60. The van der Waals surface area contributed by atoms with E-state index in [1.807, 2.05) is 35.6 Å². The van der Waals surface area contributed by atoms with Gasteiger partial charge in [0.1, 0.15) is 11.4 Å². The summed E-state index contributed by atoms with van der Waals surface area (Å²) < 4.78 is 9.40. The topological polar surface area (TPSA) is 48.1 Å². The van der Waals surface area contributed by atoms with Crippen LogP contribution in [0.1, 0.15) is 23.4 Å². The van der Waals surface area contributed by atoms with Crippen molar-refractivity contribution in [2.75, 3.05) is 13.7 Å². The van der Waals surface area contributed by atoms with Crippen molar-refractivity contribution in [3.63, 3.8) is 0 Å². The summed E-state index contributed by atoms with van der Waals surface area (Å²) in [6.07, 6.45) is 1.07. The zero-order valence-electron chi connectivity index (χ0n) is 14.1. The Hall–Kier alpha value is -2.03. The Balaban J connectivity index is 1.61. The molecule has 1 aliphatic heterocycles. The quantitative estimate of drug-likeness (QED) is 0.656. The van der Waals surface area contributed by atoms with Gasteiger partial charge in [-0.1, -0.05) is 12.1 Å². The molecule has 0 saturated carbocycles. The van der Waals surface area contributed by atoms with Crippen molar-refractivity contribution in [3.8, 4) is 11.4 Å². The van der Waals surface area contributed by atoms with Crippen molar-refractivity contribution >= 4 is 23.6 Å². The summed E-state index contributed by atoms with van der Waals surface area (Å²) in [4.78, 5) is 3.87. The van der Waals surface area contributed by atoms with Crippen LogP contribution in [0.2, 0.25) is 0 Å². The average molecular weight is 374 g/mol. The zero-order chi connectivity index (χ0) is 17.4. The molecule has 2 aromatic heterocycles. The van der Waals surface area contributed by atoms with E-state index in [1.165, 1.54) is 10.4 Å². The van der Waals surface area contributed by atoms with Crippen molar-refractivity contribution < 1.29 is 4.74 Å². The largest absolute Gasteiger partial charge is 0.494 e. The minimum Gasteiger partial charge on any atom is -0.494 e. The number of benzene rings is 1. The molecule has 0 radical (unpaired) electrons. The second-order valence-electron chi connectivity index (χ2n) is 6.02. The number of ether oxygens (including phenoxy) is 1. The van der Waals surface area contributed by atoms with E-state index in [0.29, 0.717) is 17.5 Å². The molecule has 6 nitrogen and oxygen atoms in total. The molecule has 8 heteroatoms. The molecule has 0 N–H and O–H groups in total. The maximum Gasteiger partial charge on any atom is 0.222 e. The van der Waals surface area contributed by atoms with Gasteiger partial charge in [0.15, 0.2) is 0 Å². The van der Waals surface area contributed by atoms with E-state index < -0.39 is 0 Å². The van der Waals surface area contributed by atoms with E-state index in [1.54, 1.807) is 16.5 Å². The minimum atomic E-state index is 0.355. The van der Waals surface area contributed by atoms with Gasteiger partial charge in [-0.2, -0.15) is 4.68 Å². The number of tetrazole rings is 1. The molecule has 0 aliphatic carbocycles. The fraction of sp³-hybridized carbons (Fsp3) is 0.353. The molecule has 1 atom stereocenters. The van der Waals surface area contributed by atoms with Crippen LogP contribution in [0.3, 0.4) is 0 Å². The van der Waals surface area contributed by atoms with Gasteiger partial charge in [-0.25, -0.2) is 4.68 Å². The maximum atomic E-state index is 5.60. The third-order valence-electron chi connectivity index (χ3n) is 4.67. The monoisotopic (exact) mass is 373 g/mol. The number of aromatic nitrogens is 4. The molecule has 0 bridgehead atoms. The number of methoxy groups -OCH3 is 1. The zero-order valence-corrected chi connectivity index (χ0v) is 15.8. The summed E-state index contributed by atoms with van der Waals surface area (Å²) in [6, 6.07) is 10.2. The summed E-state index contributed by atoms with van der Waals surface area (Å²) >= 11 is 7.45. The van der Waals surface area contributed by atoms with Gasteiger partial charge < -0.3 is 4.74 Å². The van der Waals surface area contributed by atoms with Crippen LogP contribution in [0.15, 0.2) is 35.7 Å². The second kappa shape index (κ2) is 6.70. The average Bonchev–Trinajstić information content (AvgIpc) is 3.25. The standard InChI is InChI=1S/C17H19N5OS2/c1-12-13-8-10-25-16(13)7-9-20(12)11-21-17(24)22(19-18-21)14-5-3-4-6-15(14)23-2/h3-6,8,10,12H,7,9,11H2,1-2H3. The Morgan fingerprint density at radius 2 is 2.12 bits per heavy atom. The first kappa shape index (κ1) is 16.4. The Kier molecular flexibility index (Phi) is 4.41. The number of fused-ring (bicyclic) bond motifs is 1. The van der Waals surface area contributed by atoms with E-state index in [0.717, 1.165) is 24.4 Å². The minimum absolute atomic E-state index is 0.355. The van der Waals surface area contributed by atoms with Crippen molar-refractivity contribution in [1.82, 2.24) is 24.7 Å². The Morgan fingerprint density at radius 3 is 2.96 bits per heavy atom. The summed E-state index contributed by atoms with van der Waals surface area (Å²) in [5.41, 5.74) is 2.22. The van der Waals surface area contributed by atoms with Crippen LogP contribution in [-0.4, -0.2) is 38.3 Å². The SMILES string of the molecule is COc1ccccc1-n1nnn(CN2CCc3sccc3C2C)c1=S. The third kappa shape index (κ3) is 2.90. The van der Waals surface area contributed by atoms with Gasteiger partial charge in [-0.05, 0) is 65.1 Å². The van der Waals surface area contributed by atoms with Gasteiger partial charge in [0.2, 0.25) is 4.77 Å². The van der Waals surface area contributed by atoms with Gasteiger partial charge in [-0.3, -0.25) is 4.90 Å². The van der Waals surface area contributed by atoms with Crippen LogP contribution in [-0.2, 0) is 13.1 Å². The van der Waals surface area contributed by atoms with E-state index >= 15 is 0 Å². The van der Waals surface area contributed by atoms with Gasteiger partial charge in [0.25, 0.3) is 0 Å². The molecule has 0 spiro atoms. The van der Waals surface area contributed by atoms with Crippen molar-refractivity contribution in [2.45, 2.75) is 26.1 Å². The van der Waals surface area contributed by atoms with Crippen molar-refractivity contribution in [3.05, 3.63) is 50.9 Å². The number of thiophene rings is 1. The summed E-state index contributed by atoms with van der Waals surface area (Å²) in [5, 5.41) is 10.7. The highest BCUT2D eigenvalue weighted by Gasteiger charge is 2.25. The van der Waals surface area contributed by atoms with E-state index in [9.17, 15) is 0 Å². The summed E-state index contributed by atoms with van der Waals surface area (Å²) in [7, 11) is 1.64. The highest BCUT2D eigenvalue weighted by Crippen LogP contribution is 2.33. The van der Waals surface area contributed by atoms with Crippen LogP contribution < -0.4 is 4.74 Å². The van der Waals surface area contributed by atoms with Gasteiger partial charge >= 0.3 is 0 Å². The number of nitrogens with zero attached hydrogens (tertiary/aromatic N) is 5. The van der Waals surface area contributed by atoms with E-state index in [-0.39, 0.29) is 0 Å². The molecular weight excluding hydrogens is 354 g/mol. The van der Waals surface area contributed by atoms with E-state index in [2.05, 4.69) is 33.7 Å². The van der Waals surface area contributed by atoms with E-state index in [4.69, 9.17) is 17.0 Å². The smallest absolute Gasteiger partial charge is 0.222 e. The molecule has 25 heavy (non-hydrogen) atoms. The normalized spacial score (nSPS) is 17.4. The van der Waals surface area contributed by atoms with Gasteiger partial charge in [-0.15, -0.1) is 11.3 Å². The predicted octanol–water partition coefficient (Wildman–Crippen LogP) is 3.45. The molecule has 3 heterocycles. The van der Waals surface area contributed by atoms with Crippen LogP contribution in [0, 0.1) is 4.77 Å². The first-order chi connectivity index (χ1) is 12.2. The molecule has 1 unspecified atom stereocenters. The lowest BCUT2D eigenvalue weighted by Gasteiger charge is -2.32. The number of hydrogen-bond donors (Lipinski definition) is 0. The Labute approximate surface area is 155 Å². The molecular formula is C17H19N5OS2. The lowest BCUT2D eigenvalue weighted by molar-refractivity contribution is 0.143.